The van der Waals surface area contributed by atoms with E-state index in [1.54, 1.807) is 0 Å². The lowest BCUT2D eigenvalue weighted by atomic mass is 9.74. The van der Waals surface area contributed by atoms with Gasteiger partial charge in [0.2, 0.25) is 0 Å². The number of hydrogen-bond donors (Lipinski definition) is 2. The minimum absolute atomic E-state index is 0.177. The third-order valence-corrected chi connectivity index (χ3v) is 4.89. The fourth-order valence-electron chi connectivity index (χ4n) is 3.55. The Kier molecular flexibility index (Phi) is 6.39. The summed E-state index contributed by atoms with van der Waals surface area (Å²) in [7, 11) is -2.11. The second-order valence-corrected chi connectivity index (χ2v) is 6.49. The van der Waals surface area contributed by atoms with Crippen molar-refractivity contribution in [2.24, 2.45) is 5.92 Å². The summed E-state index contributed by atoms with van der Waals surface area (Å²) >= 11 is 0. The van der Waals surface area contributed by atoms with E-state index in [9.17, 15) is 8.78 Å². The Labute approximate surface area is 131 Å². The molecule has 22 heavy (non-hydrogen) atoms. The lowest BCUT2D eigenvalue weighted by molar-refractivity contribution is 0.302. The molecule has 1 saturated carbocycles. The molecule has 0 saturated heterocycles. The first-order valence-electron chi connectivity index (χ1n) is 8.37. The van der Waals surface area contributed by atoms with E-state index in [1.165, 1.54) is 37.8 Å². The third-order valence-electron chi connectivity index (χ3n) is 4.89. The van der Waals surface area contributed by atoms with E-state index in [4.69, 9.17) is 10.0 Å². The Morgan fingerprint density at radius 2 is 1.64 bits per heavy atom. The highest BCUT2D eigenvalue weighted by Gasteiger charge is 2.27. The largest absolute Gasteiger partial charge is 0.494 e. The van der Waals surface area contributed by atoms with Crippen LogP contribution in [0.4, 0.5) is 8.78 Å². The van der Waals surface area contributed by atoms with Crippen LogP contribution in [0.3, 0.4) is 0 Å². The summed E-state index contributed by atoms with van der Waals surface area (Å²) in [6.45, 7) is 2.20. The highest BCUT2D eigenvalue weighted by atomic mass is 19.1. The molecule has 1 fully saturated rings. The van der Waals surface area contributed by atoms with E-state index < -0.39 is 24.2 Å². The summed E-state index contributed by atoms with van der Waals surface area (Å²) < 4.78 is 27.7. The molecule has 2 rings (SSSR count). The summed E-state index contributed by atoms with van der Waals surface area (Å²) in [5.74, 6) is -0.808. The quantitative estimate of drug-likeness (QED) is 0.624. The zero-order valence-electron chi connectivity index (χ0n) is 13.2. The molecule has 0 spiro atoms. The minimum Gasteiger partial charge on any atom is -0.423 e. The van der Waals surface area contributed by atoms with Crippen molar-refractivity contribution >= 4 is 12.6 Å². The maximum absolute atomic E-state index is 13.8. The summed E-state index contributed by atoms with van der Waals surface area (Å²) in [6.07, 6.45) is 9.19. The van der Waals surface area contributed by atoms with Gasteiger partial charge in [0.15, 0.2) is 0 Å². The average molecular weight is 310 g/mol. The van der Waals surface area contributed by atoms with Crippen molar-refractivity contribution in [3.8, 4) is 0 Å². The van der Waals surface area contributed by atoms with E-state index in [0.29, 0.717) is 5.56 Å². The van der Waals surface area contributed by atoms with Crippen molar-refractivity contribution in [2.45, 2.75) is 64.2 Å². The van der Waals surface area contributed by atoms with Crippen molar-refractivity contribution in [1.29, 1.82) is 0 Å². The number of unbranched alkanes of at least 4 members (excludes halogenated alkanes) is 2. The van der Waals surface area contributed by atoms with Crippen LogP contribution < -0.4 is 5.46 Å². The Hall–Kier alpha value is -0.935. The second-order valence-electron chi connectivity index (χ2n) is 6.49. The Morgan fingerprint density at radius 3 is 2.14 bits per heavy atom. The first-order valence-corrected chi connectivity index (χ1v) is 8.37. The van der Waals surface area contributed by atoms with Crippen molar-refractivity contribution in [3.05, 3.63) is 29.3 Å². The lowest BCUT2D eigenvalue weighted by Gasteiger charge is -2.29. The van der Waals surface area contributed by atoms with Gasteiger partial charge in [0.1, 0.15) is 11.6 Å². The normalized spacial score (nSPS) is 21.9. The monoisotopic (exact) mass is 310 g/mol. The fourth-order valence-corrected chi connectivity index (χ4v) is 3.55. The van der Waals surface area contributed by atoms with Gasteiger partial charge in [-0.25, -0.2) is 8.78 Å². The van der Waals surface area contributed by atoms with Gasteiger partial charge in [0.25, 0.3) is 0 Å². The van der Waals surface area contributed by atoms with Crippen molar-refractivity contribution < 1.29 is 18.8 Å². The predicted molar refractivity (Wildman–Crippen MR) is 85.0 cm³/mol. The molecule has 0 amide bonds. The van der Waals surface area contributed by atoms with Crippen LogP contribution in [0.1, 0.15) is 69.8 Å². The Morgan fingerprint density at radius 1 is 1.05 bits per heavy atom. The minimum atomic E-state index is -2.11. The maximum Gasteiger partial charge on any atom is 0.494 e. The van der Waals surface area contributed by atoms with Gasteiger partial charge in [0, 0.05) is 0 Å². The molecular formula is C17H25BF2O2. The molecule has 1 aromatic carbocycles. The van der Waals surface area contributed by atoms with E-state index in [0.717, 1.165) is 31.6 Å². The summed E-state index contributed by atoms with van der Waals surface area (Å²) in [5, 5.41) is 18.0. The number of benzene rings is 1. The predicted octanol–water partition coefficient (Wildman–Crippen LogP) is 3.50. The molecule has 0 unspecified atom stereocenters. The molecule has 0 heterocycles. The SMILES string of the molecule is CCCCC[C@H]1CC[C@H](c2cc(F)c(B(O)O)c(F)c2)CC1. The van der Waals surface area contributed by atoms with Crippen LogP contribution in [0.25, 0.3) is 0 Å². The van der Waals surface area contributed by atoms with Gasteiger partial charge in [-0.05, 0) is 55.2 Å². The molecule has 0 aliphatic heterocycles. The summed E-state index contributed by atoms with van der Waals surface area (Å²) in [6, 6.07) is 2.53. The van der Waals surface area contributed by atoms with Crippen LogP contribution in [0.5, 0.6) is 0 Å². The molecule has 1 aliphatic carbocycles. The van der Waals surface area contributed by atoms with Crippen molar-refractivity contribution in [3.63, 3.8) is 0 Å². The zero-order chi connectivity index (χ0) is 16.1. The first-order chi connectivity index (χ1) is 10.5. The third kappa shape index (κ3) is 4.29. The molecule has 0 aromatic heterocycles. The molecule has 1 aromatic rings. The zero-order valence-corrected chi connectivity index (χ0v) is 13.2. The molecule has 0 radical (unpaired) electrons. The number of hydrogen-bond acceptors (Lipinski definition) is 2. The Balaban J connectivity index is 1.97. The van der Waals surface area contributed by atoms with Crippen LogP contribution in [-0.4, -0.2) is 17.2 Å². The highest BCUT2D eigenvalue weighted by molar-refractivity contribution is 6.58. The van der Waals surface area contributed by atoms with E-state index in [2.05, 4.69) is 6.92 Å². The van der Waals surface area contributed by atoms with Crippen LogP contribution in [0, 0.1) is 17.6 Å². The number of rotatable bonds is 6. The van der Waals surface area contributed by atoms with E-state index in [1.807, 2.05) is 0 Å². The van der Waals surface area contributed by atoms with Crippen molar-refractivity contribution in [1.82, 2.24) is 0 Å². The van der Waals surface area contributed by atoms with Gasteiger partial charge < -0.3 is 10.0 Å². The van der Waals surface area contributed by atoms with Gasteiger partial charge in [0.05, 0.1) is 5.46 Å². The van der Waals surface area contributed by atoms with Crippen molar-refractivity contribution in [2.75, 3.05) is 0 Å². The van der Waals surface area contributed by atoms with E-state index >= 15 is 0 Å². The molecule has 122 valence electrons. The average Bonchev–Trinajstić information content (AvgIpc) is 2.47. The Bertz CT molecular complexity index is 463. The van der Waals surface area contributed by atoms with Crippen LogP contribution >= 0.6 is 0 Å². The number of halogens is 2. The van der Waals surface area contributed by atoms with Gasteiger partial charge in [-0.1, -0.05) is 32.6 Å². The smallest absolute Gasteiger partial charge is 0.423 e. The van der Waals surface area contributed by atoms with Crippen LogP contribution in [-0.2, 0) is 0 Å². The molecule has 0 bridgehead atoms. The molecular weight excluding hydrogens is 285 g/mol. The van der Waals surface area contributed by atoms with Gasteiger partial charge in [-0.3, -0.25) is 0 Å². The molecule has 5 heteroatoms. The molecule has 2 N–H and O–H groups in total. The van der Waals surface area contributed by atoms with E-state index in [-0.39, 0.29) is 5.92 Å². The van der Waals surface area contributed by atoms with Crippen LogP contribution in [0.2, 0.25) is 0 Å². The standard InChI is InChI=1S/C17H25BF2O2/c1-2-3-4-5-12-6-8-13(9-7-12)14-10-15(19)17(18(21)22)16(20)11-14/h10-13,21-22H,2-9H2,1H3/t12-,13-. The molecule has 0 atom stereocenters. The second kappa shape index (κ2) is 8.07. The molecule has 2 nitrogen and oxygen atoms in total. The van der Waals surface area contributed by atoms with Gasteiger partial charge in [-0.15, -0.1) is 0 Å². The highest BCUT2D eigenvalue weighted by Crippen LogP contribution is 2.38. The summed E-state index contributed by atoms with van der Waals surface area (Å²) in [4.78, 5) is 0. The van der Waals surface area contributed by atoms with Gasteiger partial charge in [-0.2, -0.15) is 0 Å². The van der Waals surface area contributed by atoms with Gasteiger partial charge >= 0.3 is 7.12 Å². The first kappa shape index (κ1) is 17.4. The topological polar surface area (TPSA) is 40.5 Å². The lowest BCUT2D eigenvalue weighted by Crippen LogP contribution is -2.36. The maximum atomic E-state index is 13.8. The van der Waals surface area contributed by atoms with Crippen LogP contribution in [0.15, 0.2) is 12.1 Å². The summed E-state index contributed by atoms with van der Waals surface area (Å²) in [5.41, 5.74) is -0.0107. The fraction of sp³-hybridized carbons (Fsp3) is 0.647. The molecule has 1 aliphatic rings.